The highest BCUT2D eigenvalue weighted by Crippen LogP contribution is 2.23. The van der Waals surface area contributed by atoms with Crippen LogP contribution in [0.1, 0.15) is 46.5 Å². The van der Waals surface area contributed by atoms with Crippen LogP contribution in [0.4, 0.5) is 0 Å². The van der Waals surface area contributed by atoms with E-state index in [-0.39, 0.29) is 11.8 Å². The summed E-state index contributed by atoms with van der Waals surface area (Å²) in [5.41, 5.74) is 2.71. The molecule has 144 valence electrons. The minimum absolute atomic E-state index is 0.0902. The van der Waals surface area contributed by atoms with Gasteiger partial charge >= 0.3 is 0 Å². The van der Waals surface area contributed by atoms with Crippen LogP contribution in [0.5, 0.6) is 0 Å². The molecule has 1 aromatic heterocycles. The van der Waals surface area contributed by atoms with Crippen molar-refractivity contribution in [3.05, 3.63) is 57.8 Å². The van der Waals surface area contributed by atoms with E-state index in [1.165, 1.54) is 28.9 Å². The lowest BCUT2D eigenvalue weighted by molar-refractivity contribution is -0.132. The Bertz CT molecular complexity index is 732. The van der Waals surface area contributed by atoms with Crippen molar-refractivity contribution in [1.29, 1.82) is 0 Å². The van der Waals surface area contributed by atoms with Crippen molar-refractivity contribution in [3.63, 3.8) is 0 Å². The highest BCUT2D eigenvalue weighted by Gasteiger charge is 2.22. The first-order chi connectivity index (χ1) is 13.1. The highest BCUT2D eigenvalue weighted by molar-refractivity contribution is 7.12. The summed E-state index contributed by atoms with van der Waals surface area (Å²) in [6, 6.07) is 12.4. The van der Waals surface area contributed by atoms with Gasteiger partial charge < -0.3 is 10.2 Å². The van der Waals surface area contributed by atoms with E-state index in [0.29, 0.717) is 23.8 Å². The zero-order valence-corrected chi connectivity index (χ0v) is 16.8. The molecule has 2 heterocycles. The van der Waals surface area contributed by atoms with Gasteiger partial charge in [-0.25, -0.2) is 0 Å². The molecule has 0 radical (unpaired) electrons. The van der Waals surface area contributed by atoms with E-state index in [0.717, 1.165) is 32.4 Å². The Morgan fingerprint density at radius 1 is 1.15 bits per heavy atom. The molecule has 1 aliphatic rings. The van der Waals surface area contributed by atoms with E-state index >= 15 is 0 Å². The van der Waals surface area contributed by atoms with Crippen LogP contribution >= 0.6 is 11.3 Å². The smallest absolute Gasteiger partial charge is 0.261 e. The Balaban J connectivity index is 1.32. The molecule has 1 aromatic carbocycles. The number of thiophene rings is 1. The van der Waals surface area contributed by atoms with Gasteiger partial charge in [0.25, 0.3) is 5.91 Å². The summed E-state index contributed by atoms with van der Waals surface area (Å²) in [6.45, 7) is 4.21. The number of hydrogen-bond donors (Lipinski definition) is 1. The molecule has 0 aliphatic carbocycles. The maximum Gasteiger partial charge on any atom is 0.261 e. The Morgan fingerprint density at radius 3 is 2.56 bits per heavy atom. The molecular weight excluding hydrogens is 356 g/mol. The molecule has 1 fully saturated rings. The van der Waals surface area contributed by atoms with Crippen LogP contribution in [0.2, 0.25) is 0 Å². The molecule has 1 aliphatic heterocycles. The van der Waals surface area contributed by atoms with Gasteiger partial charge in [0.2, 0.25) is 5.91 Å². The number of piperidine rings is 1. The van der Waals surface area contributed by atoms with Crippen molar-refractivity contribution in [2.75, 3.05) is 19.6 Å². The number of carbonyl (C=O) groups is 2. The van der Waals surface area contributed by atoms with E-state index in [4.69, 9.17) is 0 Å². The zero-order valence-electron chi connectivity index (χ0n) is 15.9. The number of carbonyl (C=O) groups excluding carboxylic acids is 2. The SMILES string of the molecule is Cc1ccc(CCC2CCN(C(=O)CCNC(=O)c3cccs3)CC2)cc1. The van der Waals surface area contributed by atoms with E-state index in [2.05, 4.69) is 36.5 Å². The molecule has 1 N–H and O–H groups in total. The standard InChI is InChI=1S/C22H28N2O2S/c1-17-4-6-18(7-5-17)8-9-19-11-14-24(15-12-19)21(25)10-13-23-22(26)20-3-2-16-27-20/h2-7,16,19H,8-15H2,1H3,(H,23,26). The number of nitrogens with zero attached hydrogens (tertiary/aromatic N) is 1. The minimum atomic E-state index is -0.0902. The van der Waals surface area contributed by atoms with Crippen LogP contribution < -0.4 is 5.32 Å². The summed E-state index contributed by atoms with van der Waals surface area (Å²) in [5, 5.41) is 4.71. The quantitative estimate of drug-likeness (QED) is 0.783. The molecule has 0 unspecified atom stereocenters. The second-order valence-corrected chi connectivity index (χ2v) is 8.28. The molecule has 0 spiro atoms. The molecule has 0 atom stereocenters. The van der Waals surface area contributed by atoms with Crippen LogP contribution in [-0.4, -0.2) is 36.3 Å². The fourth-order valence-electron chi connectivity index (χ4n) is 3.53. The average Bonchev–Trinajstić information content (AvgIpc) is 3.23. The average molecular weight is 385 g/mol. The third kappa shape index (κ3) is 5.93. The molecule has 0 saturated carbocycles. The monoisotopic (exact) mass is 384 g/mol. The largest absolute Gasteiger partial charge is 0.351 e. The number of amides is 2. The lowest BCUT2D eigenvalue weighted by Gasteiger charge is -2.32. The number of benzene rings is 1. The first kappa shape index (κ1) is 19.6. The number of nitrogens with one attached hydrogen (secondary N) is 1. The van der Waals surface area contributed by atoms with Gasteiger partial charge in [0, 0.05) is 26.1 Å². The maximum atomic E-state index is 12.4. The molecule has 1 saturated heterocycles. The van der Waals surface area contributed by atoms with Gasteiger partial charge in [-0.05, 0) is 55.5 Å². The Morgan fingerprint density at radius 2 is 1.89 bits per heavy atom. The van der Waals surface area contributed by atoms with Crippen LogP contribution in [0.15, 0.2) is 41.8 Å². The molecule has 5 heteroatoms. The fraction of sp³-hybridized carbons (Fsp3) is 0.455. The Labute approximate surface area is 165 Å². The molecule has 3 rings (SSSR count). The third-order valence-electron chi connectivity index (χ3n) is 5.30. The predicted molar refractivity (Wildman–Crippen MR) is 110 cm³/mol. The van der Waals surface area contributed by atoms with Crippen molar-refractivity contribution in [2.24, 2.45) is 5.92 Å². The molecule has 4 nitrogen and oxygen atoms in total. The molecule has 2 amide bonds. The number of aryl methyl sites for hydroxylation is 2. The number of hydrogen-bond acceptors (Lipinski definition) is 3. The fourth-order valence-corrected chi connectivity index (χ4v) is 4.17. The lowest BCUT2D eigenvalue weighted by atomic mass is 9.90. The van der Waals surface area contributed by atoms with Crippen LogP contribution in [-0.2, 0) is 11.2 Å². The van der Waals surface area contributed by atoms with E-state index < -0.39 is 0 Å². The topological polar surface area (TPSA) is 49.4 Å². The molecular formula is C22H28N2O2S. The van der Waals surface area contributed by atoms with Gasteiger partial charge in [0.1, 0.15) is 0 Å². The molecule has 27 heavy (non-hydrogen) atoms. The Kier molecular flexibility index (Phi) is 7.04. The molecule has 0 bridgehead atoms. The van der Waals surface area contributed by atoms with Gasteiger partial charge in [-0.1, -0.05) is 35.9 Å². The van der Waals surface area contributed by atoms with Crippen LogP contribution in [0.25, 0.3) is 0 Å². The Hall–Kier alpha value is -2.14. The summed E-state index contributed by atoms with van der Waals surface area (Å²) < 4.78 is 0. The van der Waals surface area contributed by atoms with Gasteiger partial charge in [-0.2, -0.15) is 0 Å². The maximum absolute atomic E-state index is 12.4. The van der Waals surface area contributed by atoms with Gasteiger partial charge in [0.15, 0.2) is 0 Å². The number of rotatable bonds is 7. The first-order valence-electron chi connectivity index (χ1n) is 9.77. The second-order valence-electron chi connectivity index (χ2n) is 7.33. The lowest BCUT2D eigenvalue weighted by Crippen LogP contribution is -2.40. The van der Waals surface area contributed by atoms with Crippen molar-refractivity contribution in [1.82, 2.24) is 10.2 Å². The van der Waals surface area contributed by atoms with Crippen molar-refractivity contribution in [3.8, 4) is 0 Å². The van der Waals surface area contributed by atoms with Gasteiger partial charge in [0.05, 0.1) is 4.88 Å². The summed E-state index contributed by atoms with van der Waals surface area (Å²) in [7, 11) is 0. The summed E-state index contributed by atoms with van der Waals surface area (Å²) in [4.78, 5) is 26.9. The van der Waals surface area contributed by atoms with Gasteiger partial charge in [-0.15, -0.1) is 11.3 Å². The van der Waals surface area contributed by atoms with Crippen molar-refractivity contribution >= 4 is 23.2 Å². The highest BCUT2D eigenvalue weighted by atomic mass is 32.1. The van der Waals surface area contributed by atoms with Crippen molar-refractivity contribution in [2.45, 2.75) is 39.0 Å². The second kappa shape index (κ2) is 9.70. The predicted octanol–water partition coefficient (Wildman–Crippen LogP) is 4.05. The van der Waals surface area contributed by atoms with E-state index in [1.807, 2.05) is 16.3 Å². The van der Waals surface area contributed by atoms with Crippen LogP contribution in [0, 0.1) is 12.8 Å². The van der Waals surface area contributed by atoms with Crippen LogP contribution in [0.3, 0.4) is 0 Å². The summed E-state index contributed by atoms with van der Waals surface area (Å²) in [6.07, 6.45) is 4.86. The normalized spacial score (nSPS) is 14.9. The summed E-state index contributed by atoms with van der Waals surface area (Å²) in [5.74, 6) is 0.764. The molecule has 2 aromatic rings. The minimum Gasteiger partial charge on any atom is -0.351 e. The third-order valence-corrected chi connectivity index (χ3v) is 6.17. The van der Waals surface area contributed by atoms with Gasteiger partial charge in [-0.3, -0.25) is 9.59 Å². The van der Waals surface area contributed by atoms with E-state index in [1.54, 1.807) is 6.07 Å². The van der Waals surface area contributed by atoms with Crippen molar-refractivity contribution < 1.29 is 9.59 Å². The van der Waals surface area contributed by atoms with E-state index in [9.17, 15) is 9.59 Å². The zero-order chi connectivity index (χ0) is 19.1. The number of likely N-dealkylation sites (tertiary alicyclic amines) is 1. The summed E-state index contributed by atoms with van der Waals surface area (Å²) >= 11 is 1.41. The first-order valence-corrected chi connectivity index (χ1v) is 10.6.